The number of aliphatic hydroxyl groups is 1. The normalized spacial score (nSPS) is 13.0. The van der Waals surface area contributed by atoms with E-state index in [0.717, 1.165) is 31.6 Å². The van der Waals surface area contributed by atoms with Crippen molar-refractivity contribution in [1.29, 1.82) is 0 Å². The number of unbranched alkanes of at least 4 members (excludes halogenated alkanes) is 3. The van der Waals surface area contributed by atoms with Crippen LogP contribution in [-0.4, -0.2) is 44.4 Å². The molecule has 0 spiro atoms. The Kier molecular flexibility index (Phi) is 16.0. The van der Waals surface area contributed by atoms with Crippen molar-refractivity contribution in [2.45, 2.75) is 65.4 Å². The van der Waals surface area contributed by atoms with Crippen LogP contribution in [0, 0.1) is 5.92 Å². The highest BCUT2D eigenvalue weighted by Gasteiger charge is 2.08. The molecule has 0 amide bonds. The molecule has 0 saturated heterocycles. The van der Waals surface area contributed by atoms with Crippen molar-refractivity contribution >= 4 is 0 Å². The summed E-state index contributed by atoms with van der Waals surface area (Å²) in [5.74, 6) is 0.732. The molecule has 1 unspecified atom stereocenters. The van der Waals surface area contributed by atoms with Crippen molar-refractivity contribution in [3.8, 4) is 0 Å². The van der Waals surface area contributed by atoms with Gasteiger partial charge in [-0.25, -0.2) is 9.78 Å². The van der Waals surface area contributed by atoms with E-state index < -0.39 is 6.10 Å². The molecule has 1 N–H and O–H groups in total. The van der Waals surface area contributed by atoms with Crippen LogP contribution in [0.15, 0.2) is 0 Å². The summed E-state index contributed by atoms with van der Waals surface area (Å²) in [6.07, 6.45) is 6.33. The van der Waals surface area contributed by atoms with Crippen molar-refractivity contribution in [2.75, 3.05) is 33.2 Å². The fourth-order valence-corrected chi connectivity index (χ4v) is 1.71. The summed E-state index contributed by atoms with van der Waals surface area (Å²) < 4.78 is 10.7. The minimum absolute atomic E-state index is 0.102. The van der Waals surface area contributed by atoms with Gasteiger partial charge in [-0.05, 0) is 18.8 Å². The molecule has 0 aromatic rings. The first-order chi connectivity index (χ1) is 10.2. The highest BCUT2D eigenvalue weighted by molar-refractivity contribution is 4.51. The van der Waals surface area contributed by atoms with Crippen LogP contribution in [0.1, 0.15) is 59.3 Å². The maximum atomic E-state index is 9.15. The van der Waals surface area contributed by atoms with Gasteiger partial charge in [0.1, 0.15) is 19.5 Å². The highest BCUT2D eigenvalue weighted by atomic mass is 17.2. The molecular weight excluding hydrogens is 272 g/mol. The molecule has 0 aliphatic rings. The number of hydrogen-bond acceptors (Lipinski definition) is 5. The Balaban J connectivity index is 3.32. The standard InChI is InChI=1S/C16H34O5/c1-4-5-7-10-18-14-19-16(12-17)13-21-20-11-8-6-9-15(2)3/h15-17H,4-14H2,1-3H3. The molecule has 0 radical (unpaired) electrons. The lowest BCUT2D eigenvalue weighted by Crippen LogP contribution is -2.25. The fourth-order valence-electron chi connectivity index (χ4n) is 1.71. The fraction of sp³-hybridized carbons (Fsp3) is 1.00. The molecule has 0 aliphatic carbocycles. The number of ether oxygens (including phenoxy) is 2. The summed E-state index contributed by atoms with van der Waals surface area (Å²) >= 11 is 0. The third-order valence-electron chi connectivity index (χ3n) is 3.08. The summed E-state index contributed by atoms with van der Waals surface area (Å²) in [5.41, 5.74) is 0. The third kappa shape index (κ3) is 16.0. The monoisotopic (exact) mass is 306 g/mol. The first-order valence-corrected chi connectivity index (χ1v) is 8.25. The van der Waals surface area contributed by atoms with Gasteiger partial charge in [0.15, 0.2) is 0 Å². The van der Waals surface area contributed by atoms with Crippen LogP contribution in [0.3, 0.4) is 0 Å². The Hall–Kier alpha value is -0.200. The second kappa shape index (κ2) is 16.2. The van der Waals surface area contributed by atoms with Gasteiger partial charge in [0.05, 0.1) is 13.2 Å². The van der Waals surface area contributed by atoms with Crippen LogP contribution in [0.4, 0.5) is 0 Å². The Morgan fingerprint density at radius 2 is 1.71 bits per heavy atom. The van der Waals surface area contributed by atoms with Gasteiger partial charge in [-0.1, -0.05) is 46.5 Å². The van der Waals surface area contributed by atoms with E-state index in [4.69, 9.17) is 24.4 Å². The molecule has 128 valence electrons. The van der Waals surface area contributed by atoms with E-state index in [1.807, 2.05) is 0 Å². The molecule has 0 fully saturated rings. The minimum Gasteiger partial charge on any atom is -0.394 e. The summed E-state index contributed by atoms with van der Waals surface area (Å²) in [4.78, 5) is 10.1. The van der Waals surface area contributed by atoms with Crippen LogP contribution >= 0.6 is 0 Å². The predicted octanol–water partition coefficient (Wildman–Crippen LogP) is 3.30. The first-order valence-electron chi connectivity index (χ1n) is 8.25. The number of aliphatic hydroxyl groups excluding tert-OH is 1. The van der Waals surface area contributed by atoms with E-state index in [-0.39, 0.29) is 20.0 Å². The third-order valence-corrected chi connectivity index (χ3v) is 3.08. The molecule has 0 rings (SSSR count). The van der Waals surface area contributed by atoms with Gasteiger partial charge in [0.2, 0.25) is 0 Å². The van der Waals surface area contributed by atoms with Gasteiger partial charge in [0, 0.05) is 6.61 Å². The van der Waals surface area contributed by atoms with E-state index in [2.05, 4.69) is 20.8 Å². The largest absolute Gasteiger partial charge is 0.394 e. The topological polar surface area (TPSA) is 57.2 Å². The van der Waals surface area contributed by atoms with Crippen molar-refractivity contribution < 1.29 is 24.4 Å². The van der Waals surface area contributed by atoms with Crippen LogP contribution in [0.5, 0.6) is 0 Å². The highest BCUT2D eigenvalue weighted by Crippen LogP contribution is 2.06. The van der Waals surface area contributed by atoms with E-state index in [0.29, 0.717) is 13.2 Å². The number of rotatable bonds is 16. The van der Waals surface area contributed by atoms with Crippen molar-refractivity contribution in [2.24, 2.45) is 5.92 Å². The van der Waals surface area contributed by atoms with E-state index in [9.17, 15) is 0 Å². The first kappa shape index (κ1) is 20.8. The SMILES string of the molecule is CCCCCOCOC(CO)COOCCCCC(C)C. The summed E-state index contributed by atoms with van der Waals surface area (Å²) in [7, 11) is 0. The maximum Gasteiger partial charge on any atom is 0.147 e. The summed E-state index contributed by atoms with van der Waals surface area (Å²) in [5, 5.41) is 9.15. The number of hydrogen-bond donors (Lipinski definition) is 1. The van der Waals surface area contributed by atoms with E-state index in [1.54, 1.807) is 0 Å². The summed E-state index contributed by atoms with van der Waals surface area (Å²) in [6, 6.07) is 0. The van der Waals surface area contributed by atoms with Gasteiger partial charge in [0.25, 0.3) is 0 Å². The molecular formula is C16H34O5. The van der Waals surface area contributed by atoms with Gasteiger partial charge < -0.3 is 14.6 Å². The van der Waals surface area contributed by atoms with E-state index in [1.165, 1.54) is 12.8 Å². The molecule has 0 aromatic heterocycles. The zero-order valence-electron chi connectivity index (χ0n) is 14.0. The van der Waals surface area contributed by atoms with Crippen molar-refractivity contribution in [1.82, 2.24) is 0 Å². The average Bonchev–Trinajstić information content (AvgIpc) is 2.47. The second-order valence-electron chi connectivity index (χ2n) is 5.70. The molecule has 21 heavy (non-hydrogen) atoms. The van der Waals surface area contributed by atoms with Crippen LogP contribution < -0.4 is 0 Å². The second-order valence-corrected chi connectivity index (χ2v) is 5.70. The van der Waals surface area contributed by atoms with E-state index >= 15 is 0 Å². The zero-order chi connectivity index (χ0) is 15.8. The quantitative estimate of drug-likeness (QED) is 0.205. The Labute approximate surface area is 129 Å². The smallest absolute Gasteiger partial charge is 0.147 e. The molecule has 5 heteroatoms. The lowest BCUT2D eigenvalue weighted by atomic mass is 10.1. The molecule has 0 aliphatic heterocycles. The zero-order valence-corrected chi connectivity index (χ0v) is 14.0. The van der Waals surface area contributed by atoms with Gasteiger partial charge >= 0.3 is 0 Å². The van der Waals surface area contributed by atoms with Gasteiger partial charge in [-0.15, -0.1) is 0 Å². The van der Waals surface area contributed by atoms with Gasteiger partial charge in [-0.3, -0.25) is 0 Å². The predicted molar refractivity (Wildman–Crippen MR) is 82.9 cm³/mol. The van der Waals surface area contributed by atoms with Gasteiger partial charge in [-0.2, -0.15) is 0 Å². The molecule has 0 heterocycles. The van der Waals surface area contributed by atoms with Crippen LogP contribution in [0.2, 0.25) is 0 Å². The Morgan fingerprint density at radius 1 is 0.952 bits per heavy atom. The molecule has 0 saturated carbocycles. The average molecular weight is 306 g/mol. The molecule has 1 atom stereocenters. The lowest BCUT2D eigenvalue weighted by molar-refractivity contribution is -0.312. The van der Waals surface area contributed by atoms with Crippen molar-refractivity contribution in [3.63, 3.8) is 0 Å². The Morgan fingerprint density at radius 3 is 2.38 bits per heavy atom. The van der Waals surface area contributed by atoms with Crippen molar-refractivity contribution in [3.05, 3.63) is 0 Å². The maximum absolute atomic E-state index is 9.15. The van der Waals surface area contributed by atoms with Crippen LogP contribution in [-0.2, 0) is 19.2 Å². The Bertz CT molecular complexity index is 199. The minimum atomic E-state index is -0.396. The molecule has 0 bridgehead atoms. The lowest BCUT2D eigenvalue weighted by Gasteiger charge is -2.15. The summed E-state index contributed by atoms with van der Waals surface area (Å²) in [6.45, 7) is 8.16. The van der Waals surface area contributed by atoms with Crippen LogP contribution in [0.25, 0.3) is 0 Å². The molecule has 5 nitrogen and oxygen atoms in total. The molecule has 0 aromatic carbocycles.